The van der Waals surface area contributed by atoms with E-state index in [1.807, 2.05) is 18.2 Å². The zero-order chi connectivity index (χ0) is 20.1. The molecule has 0 unspecified atom stereocenters. The first-order valence-corrected chi connectivity index (χ1v) is 10.1. The number of hydrogen-bond acceptors (Lipinski definition) is 7. The number of benzene rings is 1. The summed E-state index contributed by atoms with van der Waals surface area (Å²) in [5.74, 6) is 1.29. The van der Waals surface area contributed by atoms with Gasteiger partial charge in [-0.3, -0.25) is 9.59 Å². The highest BCUT2D eigenvalue weighted by Crippen LogP contribution is 2.28. The monoisotopic (exact) mass is 401 g/mol. The summed E-state index contributed by atoms with van der Waals surface area (Å²) in [4.78, 5) is 28.4. The first-order valence-electron chi connectivity index (χ1n) is 9.26. The topological polar surface area (TPSA) is 82.8 Å². The molecule has 1 aromatic carbocycles. The molecule has 3 aromatic rings. The number of aryl methyl sites for hydroxylation is 1. The van der Waals surface area contributed by atoms with Gasteiger partial charge in [0, 0.05) is 0 Å². The van der Waals surface area contributed by atoms with Crippen LogP contribution in [0.15, 0.2) is 27.8 Å². The third-order valence-corrected chi connectivity index (χ3v) is 5.24. The summed E-state index contributed by atoms with van der Waals surface area (Å²) in [6.45, 7) is 4.35. The van der Waals surface area contributed by atoms with Gasteiger partial charge in [-0.1, -0.05) is 43.6 Å². The number of fused-ring (bicyclic) bond motifs is 1. The maximum atomic E-state index is 12.5. The van der Waals surface area contributed by atoms with Gasteiger partial charge in [0.2, 0.25) is 4.96 Å². The van der Waals surface area contributed by atoms with Gasteiger partial charge in [0.05, 0.1) is 18.2 Å². The highest BCUT2D eigenvalue weighted by atomic mass is 32.1. The van der Waals surface area contributed by atoms with Crippen LogP contribution in [0.25, 0.3) is 11.0 Å². The van der Waals surface area contributed by atoms with E-state index < -0.39 is 5.56 Å². The number of aromatic nitrogens is 3. The van der Waals surface area contributed by atoms with E-state index in [0.717, 1.165) is 34.3 Å². The van der Waals surface area contributed by atoms with Crippen molar-refractivity contribution >= 4 is 22.4 Å². The van der Waals surface area contributed by atoms with E-state index in [9.17, 15) is 9.59 Å². The first kappa shape index (κ1) is 20.0. The molecule has 0 aliphatic rings. The van der Waals surface area contributed by atoms with Crippen molar-refractivity contribution in [2.24, 2.45) is 0 Å². The van der Waals surface area contributed by atoms with Crippen LogP contribution < -0.4 is 25.1 Å². The molecule has 7 nitrogen and oxygen atoms in total. The highest BCUT2D eigenvalue weighted by Gasteiger charge is 2.09. The molecule has 8 heteroatoms. The Hall–Kier alpha value is -2.74. The highest BCUT2D eigenvalue weighted by molar-refractivity contribution is 7.15. The fraction of sp³-hybridized carbons (Fsp3) is 0.400. The lowest BCUT2D eigenvalue weighted by Crippen LogP contribution is -2.27. The van der Waals surface area contributed by atoms with Crippen molar-refractivity contribution < 1.29 is 9.47 Å². The third-order valence-electron chi connectivity index (χ3n) is 4.28. The van der Waals surface area contributed by atoms with Crippen molar-refractivity contribution in [3.8, 4) is 11.5 Å². The zero-order valence-corrected chi connectivity index (χ0v) is 17.0. The van der Waals surface area contributed by atoms with E-state index in [4.69, 9.17) is 9.47 Å². The number of hydrogen-bond donors (Lipinski definition) is 0. The molecule has 148 valence electrons. The Bertz CT molecular complexity index is 1140. The van der Waals surface area contributed by atoms with E-state index in [1.165, 1.54) is 19.8 Å². The van der Waals surface area contributed by atoms with Gasteiger partial charge >= 0.3 is 0 Å². The van der Waals surface area contributed by atoms with Crippen LogP contribution in [-0.2, 0) is 0 Å². The number of ether oxygens (including phenoxy) is 2. The molecular formula is C20H23N3O4S. The Morgan fingerprint density at radius 1 is 1.18 bits per heavy atom. The standard InChI is InChI=1S/C20H23N3O4S/c1-4-5-6-7-10-27-15-9-8-14(11-16(15)26-3)12-17-19(25)23-20(28-17)21-18(24)13(2)22-23/h8-9,11-12H,4-7,10H2,1-3H3/b17-12+. The quantitative estimate of drug-likeness (QED) is 0.539. The first-order chi connectivity index (χ1) is 13.5. The SMILES string of the molecule is CCCCCCOc1ccc(/C=c2/sc3nc(=O)c(C)nn3c2=O)cc1OC. The maximum absolute atomic E-state index is 12.5. The Labute approximate surface area is 166 Å². The lowest BCUT2D eigenvalue weighted by Gasteiger charge is -2.11. The van der Waals surface area contributed by atoms with Gasteiger partial charge in [-0.2, -0.15) is 14.6 Å². The summed E-state index contributed by atoms with van der Waals surface area (Å²) in [7, 11) is 1.59. The minimum absolute atomic E-state index is 0.195. The van der Waals surface area contributed by atoms with Crippen molar-refractivity contribution in [2.75, 3.05) is 13.7 Å². The van der Waals surface area contributed by atoms with Gasteiger partial charge in [-0.15, -0.1) is 0 Å². The van der Waals surface area contributed by atoms with Gasteiger partial charge in [-0.05, 0) is 37.1 Å². The summed E-state index contributed by atoms with van der Waals surface area (Å²) in [5, 5.41) is 4.01. The molecule has 0 N–H and O–H groups in total. The number of rotatable bonds is 8. The second-order valence-electron chi connectivity index (χ2n) is 6.43. The van der Waals surface area contributed by atoms with Gasteiger partial charge in [0.1, 0.15) is 5.69 Å². The number of nitrogens with zero attached hydrogens (tertiary/aromatic N) is 3. The lowest BCUT2D eigenvalue weighted by atomic mass is 10.2. The summed E-state index contributed by atoms with van der Waals surface area (Å²) in [6, 6.07) is 5.52. The normalized spacial score (nSPS) is 11.9. The largest absolute Gasteiger partial charge is 0.493 e. The number of unbranched alkanes of at least 4 members (excludes halogenated alkanes) is 3. The van der Waals surface area contributed by atoms with Crippen molar-refractivity contribution in [3.63, 3.8) is 0 Å². The summed E-state index contributed by atoms with van der Waals surface area (Å²) in [5.41, 5.74) is 0.264. The molecule has 2 heterocycles. The fourth-order valence-electron chi connectivity index (χ4n) is 2.74. The van der Waals surface area contributed by atoms with E-state index in [1.54, 1.807) is 13.2 Å². The van der Waals surface area contributed by atoms with E-state index in [2.05, 4.69) is 17.0 Å². The van der Waals surface area contributed by atoms with Gasteiger partial charge in [0.15, 0.2) is 11.5 Å². The molecule has 0 spiro atoms. The molecule has 0 amide bonds. The van der Waals surface area contributed by atoms with E-state index >= 15 is 0 Å². The number of thiazole rings is 1. The average molecular weight is 401 g/mol. The summed E-state index contributed by atoms with van der Waals surface area (Å²) < 4.78 is 12.9. The lowest BCUT2D eigenvalue weighted by molar-refractivity contribution is 0.285. The van der Waals surface area contributed by atoms with E-state index in [0.29, 0.717) is 22.6 Å². The van der Waals surface area contributed by atoms with Crippen molar-refractivity contribution in [3.05, 3.63) is 54.7 Å². The average Bonchev–Trinajstić information content (AvgIpc) is 2.97. The van der Waals surface area contributed by atoms with Crippen LogP contribution in [-0.4, -0.2) is 28.3 Å². The van der Waals surface area contributed by atoms with Crippen LogP contribution in [0.2, 0.25) is 0 Å². The van der Waals surface area contributed by atoms with Crippen LogP contribution in [0, 0.1) is 6.92 Å². The molecule has 0 saturated carbocycles. The van der Waals surface area contributed by atoms with Gasteiger partial charge < -0.3 is 9.47 Å². The Balaban J connectivity index is 1.88. The van der Waals surface area contributed by atoms with Gasteiger partial charge in [-0.25, -0.2) is 0 Å². The molecule has 0 radical (unpaired) electrons. The molecular weight excluding hydrogens is 378 g/mol. The molecule has 2 aromatic heterocycles. The Morgan fingerprint density at radius 3 is 2.75 bits per heavy atom. The Morgan fingerprint density at radius 2 is 2.00 bits per heavy atom. The third kappa shape index (κ3) is 4.39. The predicted molar refractivity (Wildman–Crippen MR) is 110 cm³/mol. The minimum Gasteiger partial charge on any atom is -0.493 e. The summed E-state index contributed by atoms with van der Waals surface area (Å²) in [6.07, 6.45) is 6.27. The van der Waals surface area contributed by atoms with Crippen LogP contribution in [0.5, 0.6) is 11.5 Å². The number of methoxy groups -OCH3 is 1. The molecule has 3 rings (SSSR count). The second-order valence-corrected chi connectivity index (χ2v) is 7.44. The molecule has 0 aliphatic heterocycles. The molecule has 0 aliphatic carbocycles. The zero-order valence-electron chi connectivity index (χ0n) is 16.2. The molecule has 0 atom stereocenters. The molecule has 28 heavy (non-hydrogen) atoms. The van der Waals surface area contributed by atoms with Crippen LogP contribution in [0.3, 0.4) is 0 Å². The van der Waals surface area contributed by atoms with Crippen molar-refractivity contribution in [1.29, 1.82) is 0 Å². The van der Waals surface area contributed by atoms with Crippen molar-refractivity contribution in [2.45, 2.75) is 39.5 Å². The smallest absolute Gasteiger partial charge is 0.295 e. The second kappa shape index (κ2) is 8.97. The molecule has 0 bridgehead atoms. The van der Waals surface area contributed by atoms with Crippen molar-refractivity contribution in [1.82, 2.24) is 14.6 Å². The Kier molecular flexibility index (Phi) is 6.41. The maximum Gasteiger partial charge on any atom is 0.295 e. The molecule has 0 fully saturated rings. The van der Waals surface area contributed by atoms with Crippen LogP contribution in [0.1, 0.15) is 43.9 Å². The minimum atomic E-state index is -0.421. The summed E-state index contributed by atoms with van der Waals surface area (Å²) >= 11 is 1.13. The predicted octanol–water partition coefficient (Wildman–Crippen LogP) is 2.34. The van der Waals surface area contributed by atoms with E-state index in [-0.39, 0.29) is 16.2 Å². The molecule has 0 saturated heterocycles. The fourth-order valence-corrected chi connectivity index (χ4v) is 3.65. The van der Waals surface area contributed by atoms with Gasteiger partial charge in [0.25, 0.3) is 11.1 Å². The van der Waals surface area contributed by atoms with Crippen LogP contribution in [0.4, 0.5) is 0 Å². The van der Waals surface area contributed by atoms with Crippen LogP contribution >= 0.6 is 11.3 Å².